The maximum absolute atomic E-state index is 5.20. The standard InChI is InChI=1S/C20H17N3OS/c1-24-16-9-7-14(8-10-16)11-21-19-18-17(15-5-3-2-4-6-15)12-25-20(18)23-13-22-19/h2-10,12-13H,11H2,1H3,(H,21,22,23). The van der Waals surface area contributed by atoms with Gasteiger partial charge < -0.3 is 10.1 Å². The van der Waals surface area contributed by atoms with E-state index in [2.05, 4.69) is 44.9 Å². The maximum Gasteiger partial charge on any atom is 0.139 e. The molecule has 0 bridgehead atoms. The van der Waals surface area contributed by atoms with E-state index in [1.54, 1.807) is 24.8 Å². The Morgan fingerprint density at radius 2 is 1.80 bits per heavy atom. The molecule has 0 saturated heterocycles. The van der Waals surface area contributed by atoms with Crippen molar-refractivity contribution >= 4 is 27.4 Å². The van der Waals surface area contributed by atoms with E-state index in [-0.39, 0.29) is 0 Å². The Hall–Kier alpha value is -2.92. The Morgan fingerprint density at radius 3 is 2.56 bits per heavy atom. The number of anilines is 1. The number of fused-ring (bicyclic) bond motifs is 1. The highest BCUT2D eigenvalue weighted by Crippen LogP contribution is 2.36. The van der Waals surface area contributed by atoms with Crippen LogP contribution in [0.1, 0.15) is 5.56 Å². The first-order chi connectivity index (χ1) is 12.3. The lowest BCUT2D eigenvalue weighted by Gasteiger charge is -2.09. The zero-order valence-corrected chi connectivity index (χ0v) is 14.6. The molecule has 0 aliphatic heterocycles. The van der Waals surface area contributed by atoms with E-state index >= 15 is 0 Å². The highest BCUT2D eigenvalue weighted by Gasteiger charge is 2.12. The fourth-order valence-corrected chi connectivity index (χ4v) is 3.68. The summed E-state index contributed by atoms with van der Waals surface area (Å²) >= 11 is 1.64. The topological polar surface area (TPSA) is 47.0 Å². The lowest BCUT2D eigenvalue weighted by atomic mass is 10.1. The molecule has 124 valence electrons. The van der Waals surface area contributed by atoms with Gasteiger partial charge in [-0.3, -0.25) is 0 Å². The molecule has 0 spiro atoms. The fraction of sp³-hybridized carbons (Fsp3) is 0.100. The van der Waals surface area contributed by atoms with Gasteiger partial charge in [-0.05, 0) is 23.3 Å². The molecule has 0 atom stereocenters. The van der Waals surface area contributed by atoms with Gasteiger partial charge in [0.25, 0.3) is 0 Å². The summed E-state index contributed by atoms with van der Waals surface area (Å²) in [6.07, 6.45) is 1.62. The average Bonchev–Trinajstić information content (AvgIpc) is 3.12. The third-order valence-electron chi connectivity index (χ3n) is 4.07. The van der Waals surface area contributed by atoms with E-state index in [9.17, 15) is 0 Å². The Kier molecular flexibility index (Phi) is 4.31. The predicted octanol–water partition coefficient (Wildman–Crippen LogP) is 4.98. The van der Waals surface area contributed by atoms with Crippen LogP contribution < -0.4 is 10.1 Å². The molecule has 0 aliphatic rings. The quantitative estimate of drug-likeness (QED) is 0.553. The number of hydrogen-bond acceptors (Lipinski definition) is 5. The van der Waals surface area contributed by atoms with Crippen LogP contribution in [0, 0.1) is 0 Å². The molecule has 25 heavy (non-hydrogen) atoms. The van der Waals surface area contributed by atoms with Crippen LogP contribution in [-0.4, -0.2) is 17.1 Å². The van der Waals surface area contributed by atoms with E-state index in [4.69, 9.17) is 4.74 Å². The van der Waals surface area contributed by atoms with Crippen LogP contribution in [0.2, 0.25) is 0 Å². The van der Waals surface area contributed by atoms with Crippen LogP contribution in [-0.2, 0) is 6.54 Å². The normalized spacial score (nSPS) is 10.8. The van der Waals surface area contributed by atoms with Crippen LogP contribution in [0.5, 0.6) is 5.75 Å². The van der Waals surface area contributed by atoms with Crippen LogP contribution in [0.3, 0.4) is 0 Å². The number of aromatic nitrogens is 2. The van der Waals surface area contributed by atoms with Gasteiger partial charge in [-0.25, -0.2) is 9.97 Å². The van der Waals surface area contributed by atoms with Crippen molar-refractivity contribution in [1.29, 1.82) is 0 Å². The van der Waals surface area contributed by atoms with Crippen LogP contribution in [0.4, 0.5) is 5.82 Å². The van der Waals surface area contributed by atoms with Crippen molar-refractivity contribution < 1.29 is 4.74 Å². The largest absolute Gasteiger partial charge is 0.497 e. The minimum atomic E-state index is 0.695. The summed E-state index contributed by atoms with van der Waals surface area (Å²) in [5, 5.41) is 6.67. The van der Waals surface area contributed by atoms with Gasteiger partial charge in [-0.1, -0.05) is 42.5 Å². The first-order valence-corrected chi connectivity index (χ1v) is 8.87. The molecule has 2 heterocycles. The number of methoxy groups -OCH3 is 1. The summed E-state index contributed by atoms with van der Waals surface area (Å²) in [7, 11) is 1.67. The zero-order chi connectivity index (χ0) is 17.1. The highest BCUT2D eigenvalue weighted by atomic mass is 32.1. The summed E-state index contributed by atoms with van der Waals surface area (Å²) in [4.78, 5) is 9.88. The number of nitrogens with zero attached hydrogens (tertiary/aromatic N) is 2. The Labute approximate surface area is 150 Å². The molecule has 0 radical (unpaired) electrons. The van der Waals surface area contributed by atoms with Gasteiger partial charge >= 0.3 is 0 Å². The second kappa shape index (κ2) is 6.91. The van der Waals surface area contributed by atoms with Gasteiger partial charge in [-0.2, -0.15) is 0 Å². The smallest absolute Gasteiger partial charge is 0.139 e. The molecule has 0 aliphatic carbocycles. The number of rotatable bonds is 5. The Balaban J connectivity index is 1.66. The predicted molar refractivity (Wildman–Crippen MR) is 103 cm³/mol. The number of benzene rings is 2. The molecule has 2 aromatic carbocycles. The van der Waals surface area contributed by atoms with Crippen molar-refractivity contribution in [3.05, 3.63) is 71.9 Å². The summed E-state index contributed by atoms with van der Waals surface area (Å²) < 4.78 is 5.20. The van der Waals surface area contributed by atoms with Gasteiger partial charge in [0, 0.05) is 17.5 Å². The summed E-state index contributed by atoms with van der Waals surface area (Å²) in [6, 6.07) is 18.4. The van der Waals surface area contributed by atoms with Gasteiger partial charge in [0.05, 0.1) is 12.5 Å². The molecule has 0 unspecified atom stereocenters. The molecule has 2 aromatic heterocycles. The first-order valence-electron chi connectivity index (χ1n) is 7.99. The molecule has 4 nitrogen and oxygen atoms in total. The maximum atomic E-state index is 5.20. The lowest BCUT2D eigenvalue weighted by molar-refractivity contribution is 0.414. The number of hydrogen-bond donors (Lipinski definition) is 1. The van der Waals surface area contributed by atoms with Crippen molar-refractivity contribution in [2.45, 2.75) is 6.54 Å². The molecule has 4 rings (SSSR count). The second-order valence-electron chi connectivity index (χ2n) is 5.62. The average molecular weight is 347 g/mol. The molecule has 0 fully saturated rings. The van der Waals surface area contributed by atoms with E-state index < -0.39 is 0 Å². The molecule has 0 saturated carbocycles. The van der Waals surface area contributed by atoms with Crippen molar-refractivity contribution in [1.82, 2.24) is 9.97 Å². The minimum absolute atomic E-state index is 0.695. The molecular formula is C20H17N3OS. The third-order valence-corrected chi connectivity index (χ3v) is 4.96. The molecular weight excluding hydrogens is 330 g/mol. The van der Waals surface area contributed by atoms with Crippen molar-refractivity contribution in [2.24, 2.45) is 0 Å². The lowest BCUT2D eigenvalue weighted by Crippen LogP contribution is -2.02. The monoisotopic (exact) mass is 347 g/mol. The summed E-state index contributed by atoms with van der Waals surface area (Å²) in [5.41, 5.74) is 3.51. The van der Waals surface area contributed by atoms with Gasteiger partial charge in [0.2, 0.25) is 0 Å². The minimum Gasteiger partial charge on any atom is -0.497 e. The van der Waals surface area contributed by atoms with E-state index in [0.717, 1.165) is 21.8 Å². The fourth-order valence-electron chi connectivity index (χ4n) is 2.77. The van der Waals surface area contributed by atoms with Gasteiger partial charge in [0.1, 0.15) is 22.7 Å². The number of thiophene rings is 1. The van der Waals surface area contributed by atoms with E-state index in [1.807, 2.05) is 30.3 Å². The van der Waals surface area contributed by atoms with Crippen molar-refractivity contribution in [3.8, 4) is 16.9 Å². The van der Waals surface area contributed by atoms with E-state index in [1.165, 1.54) is 16.7 Å². The van der Waals surface area contributed by atoms with Gasteiger partial charge in [-0.15, -0.1) is 11.3 Å². The molecule has 1 N–H and O–H groups in total. The highest BCUT2D eigenvalue weighted by molar-refractivity contribution is 7.17. The van der Waals surface area contributed by atoms with Crippen molar-refractivity contribution in [3.63, 3.8) is 0 Å². The Bertz CT molecular complexity index is 981. The summed E-state index contributed by atoms with van der Waals surface area (Å²) in [6.45, 7) is 0.695. The van der Waals surface area contributed by atoms with Crippen LogP contribution in [0.25, 0.3) is 21.3 Å². The van der Waals surface area contributed by atoms with Crippen LogP contribution >= 0.6 is 11.3 Å². The van der Waals surface area contributed by atoms with Crippen molar-refractivity contribution in [2.75, 3.05) is 12.4 Å². The third kappa shape index (κ3) is 3.19. The van der Waals surface area contributed by atoms with Gasteiger partial charge in [0.15, 0.2) is 0 Å². The Morgan fingerprint density at radius 1 is 1.00 bits per heavy atom. The number of nitrogens with one attached hydrogen (secondary N) is 1. The molecule has 0 amide bonds. The van der Waals surface area contributed by atoms with E-state index in [0.29, 0.717) is 6.54 Å². The SMILES string of the molecule is COc1ccc(CNc2ncnc3scc(-c4ccccc4)c23)cc1. The second-order valence-corrected chi connectivity index (χ2v) is 6.48. The zero-order valence-electron chi connectivity index (χ0n) is 13.8. The summed E-state index contributed by atoms with van der Waals surface area (Å²) in [5.74, 6) is 1.72. The molecule has 5 heteroatoms. The number of ether oxygens (including phenoxy) is 1. The van der Waals surface area contributed by atoms with Crippen LogP contribution in [0.15, 0.2) is 66.3 Å². The first kappa shape index (κ1) is 15.6. The molecule has 4 aromatic rings.